The molecule has 3 fully saturated rings. The first-order chi connectivity index (χ1) is 12.5. The number of fused-ring (bicyclic) bond motifs is 5. The summed E-state index contributed by atoms with van der Waals surface area (Å²) in [7, 11) is 0. The summed E-state index contributed by atoms with van der Waals surface area (Å²) < 4.78 is 0. The smallest absolute Gasteiger partial charge is 0.190 e. The standard InChI is InChI=1S/C21H30O6/c1-18-6-3-12(23)9-20(18,26)7-4-13-14-5-8-21(27,16(25)11-22)19(14,2)10-15(24)17(13)18/h3,6,13-15,17,22,24,26-27H,4-5,7-11H2,1-2H3/t13-,14-,15-,17+,18+,19-,20+,21-/m0/s1. The summed E-state index contributed by atoms with van der Waals surface area (Å²) in [5.74, 6) is -0.821. The zero-order chi connectivity index (χ0) is 19.8. The van der Waals surface area contributed by atoms with E-state index in [4.69, 9.17) is 0 Å². The summed E-state index contributed by atoms with van der Waals surface area (Å²) in [6.45, 7) is 3.09. The highest BCUT2D eigenvalue weighted by atomic mass is 16.3. The molecule has 0 aliphatic heterocycles. The second-order valence-electron chi connectivity index (χ2n) is 9.79. The van der Waals surface area contributed by atoms with E-state index in [1.54, 1.807) is 6.08 Å². The SMILES string of the molecule is C[C@]12C[C@H](O)[C@H]3[C@@H](CC[C@@]4(O)CC(=O)C=C[C@]34C)[C@@H]1CC[C@]2(O)C(=O)CO. The Morgan fingerprint density at radius 1 is 1.22 bits per heavy atom. The van der Waals surface area contributed by atoms with E-state index in [0.717, 1.165) is 0 Å². The topological polar surface area (TPSA) is 115 Å². The van der Waals surface area contributed by atoms with Crippen molar-refractivity contribution >= 4 is 11.6 Å². The molecule has 8 atom stereocenters. The number of ketones is 2. The van der Waals surface area contributed by atoms with Crippen molar-refractivity contribution in [2.24, 2.45) is 28.6 Å². The highest BCUT2D eigenvalue weighted by molar-refractivity contribution is 5.92. The predicted octanol–water partition coefficient (Wildman–Crippen LogP) is 0.752. The van der Waals surface area contributed by atoms with Gasteiger partial charge >= 0.3 is 0 Å². The van der Waals surface area contributed by atoms with E-state index in [0.29, 0.717) is 25.7 Å². The molecular weight excluding hydrogens is 348 g/mol. The fourth-order valence-electron chi connectivity index (χ4n) is 7.34. The van der Waals surface area contributed by atoms with Crippen LogP contribution in [0.25, 0.3) is 0 Å². The molecule has 6 nitrogen and oxygen atoms in total. The van der Waals surface area contributed by atoms with Crippen LogP contribution in [-0.2, 0) is 9.59 Å². The maximum absolute atomic E-state index is 12.4. The fraction of sp³-hybridized carbons (Fsp3) is 0.810. The monoisotopic (exact) mass is 378 g/mol. The molecule has 0 amide bonds. The molecule has 0 aromatic heterocycles. The van der Waals surface area contributed by atoms with Gasteiger partial charge in [-0.05, 0) is 55.9 Å². The quantitative estimate of drug-likeness (QED) is 0.564. The number of hydrogen-bond donors (Lipinski definition) is 4. The normalized spacial score (nSPS) is 54.2. The van der Waals surface area contributed by atoms with Crippen LogP contribution in [0, 0.1) is 28.6 Å². The number of hydrogen-bond acceptors (Lipinski definition) is 6. The predicted molar refractivity (Wildman–Crippen MR) is 96.5 cm³/mol. The molecule has 0 bridgehead atoms. The van der Waals surface area contributed by atoms with Crippen molar-refractivity contribution in [3.05, 3.63) is 12.2 Å². The molecule has 3 saturated carbocycles. The van der Waals surface area contributed by atoms with E-state index in [9.17, 15) is 30.0 Å². The van der Waals surface area contributed by atoms with Gasteiger partial charge in [0.15, 0.2) is 11.6 Å². The average Bonchev–Trinajstić information content (AvgIpc) is 2.87. The van der Waals surface area contributed by atoms with Crippen LogP contribution in [0.3, 0.4) is 0 Å². The van der Waals surface area contributed by atoms with E-state index in [-0.39, 0.29) is 36.4 Å². The van der Waals surface area contributed by atoms with E-state index < -0.39 is 40.5 Å². The molecule has 4 rings (SSSR count). The van der Waals surface area contributed by atoms with Crippen molar-refractivity contribution in [3.63, 3.8) is 0 Å². The lowest BCUT2D eigenvalue weighted by atomic mass is 9.43. The zero-order valence-corrected chi connectivity index (χ0v) is 16.0. The molecule has 0 heterocycles. The van der Waals surface area contributed by atoms with Gasteiger partial charge in [-0.25, -0.2) is 0 Å². The number of carbonyl (C=O) groups excluding carboxylic acids is 2. The Labute approximate surface area is 159 Å². The minimum Gasteiger partial charge on any atom is -0.393 e. The largest absolute Gasteiger partial charge is 0.393 e. The second kappa shape index (κ2) is 5.72. The molecule has 0 spiro atoms. The Hall–Kier alpha value is -1.08. The van der Waals surface area contributed by atoms with Gasteiger partial charge in [-0.1, -0.05) is 19.9 Å². The van der Waals surface area contributed by atoms with Crippen molar-refractivity contribution in [1.82, 2.24) is 0 Å². The van der Waals surface area contributed by atoms with Crippen molar-refractivity contribution in [2.45, 2.75) is 69.7 Å². The first-order valence-corrected chi connectivity index (χ1v) is 10.0. The molecule has 6 heteroatoms. The Kier molecular flexibility index (Phi) is 4.08. The van der Waals surface area contributed by atoms with Gasteiger partial charge < -0.3 is 20.4 Å². The van der Waals surface area contributed by atoms with Crippen LogP contribution in [0.15, 0.2) is 12.2 Å². The number of carbonyl (C=O) groups is 2. The van der Waals surface area contributed by atoms with Gasteiger partial charge in [-0.15, -0.1) is 0 Å². The average molecular weight is 378 g/mol. The highest BCUT2D eigenvalue weighted by Crippen LogP contribution is 2.68. The van der Waals surface area contributed by atoms with E-state index >= 15 is 0 Å². The molecule has 150 valence electrons. The third-order valence-electron chi connectivity index (χ3n) is 8.88. The first-order valence-electron chi connectivity index (χ1n) is 10.0. The maximum atomic E-state index is 12.4. The van der Waals surface area contributed by atoms with Gasteiger partial charge in [0.1, 0.15) is 12.2 Å². The van der Waals surface area contributed by atoms with Gasteiger partial charge in [0.2, 0.25) is 0 Å². The molecule has 0 aromatic rings. The van der Waals surface area contributed by atoms with Crippen LogP contribution in [0.5, 0.6) is 0 Å². The third-order valence-corrected chi connectivity index (χ3v) is 8.88. The summed E-state index contributed by atoms with van der Waals surface area (Å²) in [5, 5.41) is 43.0. The lowest BCUT2D eigenvalue weighted by molar-refractivity contribution is -0.219. The van der Waals surface area contributed by atoms with Crippen LogP contribution in [0.4, 0.5) is 0 Å². The zero-order valence-electron chi connectivity index (χ0n) is 16.0. The fourth-order valence-corrected chi connectivity index (χ4v) is 7.34. The van der Waals surface area contributed by atoms with Crippen LogP contribution >= 0.6 is 0 Å². The van der Waals surface area contributed by atoms with Gasteiger partial charge in [-0.2, -0.15) is 0 Å². The Balaban J connectivity index is 1.76. The van der Waals surface area contributed by atoms with E-state index in [1.165, 1.54) is 6.08 Å². The third kappa shape index (κ3) is 2.21. The van der Waals surface area contributed by atoms with Crippen LogP contribution in [0.1, 0.15) is 52.4 Å². The molecule has 0 aromatic carbocycles. The van der Waals surface area contributed by atoms with Crippen LogP contribution in [0.2, 0.25) is 0 Å². The maximum Gasteiger partial charge on any atom is 0.190 e. The molecule has 0 saturated heterocycles. The van der Waals surface area contributed by atoms with Crippen molar-refractivity contribution < 1.29 is 30.0 Å². The molecule has 4 aliphatic rings. The Bertz CT molecular complexity index is 717. The number of allylic oxidation sites excluding steroid dienone is 1. The first kappa shape index (κ1) is 19.2. The minimum atomic E-state index is -1.62. The van der Waals surface area contributed by atoms with Crippen molar-refractivity contribution in [3.8, 4) is 0 Å². The van der Waals surface area contributed by atoms with Crippen LogP contribution < -0.4 is 0 Å². The van der Waals surface area contributed by atoms with Crippen molar-refractivity contribution in [1.29, 1.82) is 0 Å². The molecule has 0 unspecified atom stereocenters. The van der Waals surface area contributed by atoms with Crippen LogP contribution in [-0.4, -0.2) is 55.9 Å². The van der Waals surface area contributed by atoms with Gasteiger partial charge in [0.05, 0.1) is 11.7 Å². The lowest BCUT2D eigenvalue weighted by Crippen LogP contribution is -2.66. The van der Waals surface area contributed by atoms with Crippen molar-refractivity contribution in [2.75, 3.05) is 6.61 Å². The minimum absolute atomic E-state index is 0.0267. The molecule has 4 N–H and O–H groups in total. The number of Topliss-reactive ketones (excluding diaryl/α,β-unsaturated/α-hetero) is 1. The summed E-state index contributed by atoms with van der Waals surface area (Å²) in [6.07, 6.45) is 4.88. The second-order valence-corrected chi connectivity index (χ2v) is 9.79. The van der Waals surface area contributed by atoms with Gasteiger partial charge in [0, 0.05) is 17.3 Å². The van der Waals surface area contributed by atoms with Gasteiger partial charge in [0.25, 0.3) is 0 Å². The molecule has 27 heavy (non-hydrogen) atoms. The summed E-state index contributed by atoms with van der Waals surface area (Å²) in [5.41, 5.74) is -4.30. The summed E-state index contributed by atoms with van der Waals surface area (Å²) in [4.78, 5) is 24.3. The molecular formula is C21H30O6. The molecule has 4 aliphatic carbocycles. The van der Waals surface area contributed by atoms with Gasteiger partial charge in [-0.3, -0.25) is 9.59 Å². The Morgan fingerprint density at radius 3 is 2.59 bits per heavy atom. The highest BCUT2D eigenvalue weighted by Gasteiger charge is 2.70. The van der Waals surface area contributed by atoms with E-state index in [1.807, 2.05) is 13.8 Å². The molecule has 0 radical (unpaired) electrons. The lowest BCUT2D eigenvalue weighted by Gasteiger charge is -2.63. The van der Waals surface area contributed by atoms with E-state index in [2.05, 4.69) is 0 Å². The Morgan fingerprint density at radius 2 is 1.93 bits per heavy atom. The number of aliphatic hydroxyl groups excluding tert-OH is 2. The number of aliphatic hydroxyl groups is 4. The number of rotatable bonds is 2. The summed E-state index contributed by atoms with van der Waals surface area (Å²) >= 11 is 0. The summed E-state index contributed by atoms with van der Waals surface area (Å²) in [6, 6.07) is 0.